The summed E-state index contributed by atoms with van der Waals surface area (Å²) < 4.78 is 1.71. The van der Waals surface area contributed by atoms with Crippen molar-refractivity contribution in [2.45, 2.75) is 6.54 Å². The van der Waals surface area contributed by atoms with E-state index in [9.17, 15) is 4.79 Å². The topological polar surface area (TPSA) is 67.0 Å². The Balaban J connectivity index is 2.46. The summed E-state index contributed by atoms with van der Waals surface area (Å²) in [5, 5.41) is 0. The van der Waals surface area contributed by atoms with Crippen LogP contribution in [0.15, 0.2) is 23.0 Å². The molecule has 86 valence electrons. The van der Waals surface area contributed by atoms with Crippen molar-refractivity contribution in [2.75, 3.05) is 26.4 Å². The van der Waals surface area contributed by atoms with Crippen molar-refractivity contribution in [1.29, 1.82) is 0 Å². The van der Waals surface area contributed by atoms with Gasteiger partial charge in [-0.05, 0) is 32.3 Å². The zero-order chi connectivity index (χ0) is 11.7. The Hall–Kier alpha value is -1.75. The maximum absolute atomic E-state index is 11.7. The van der Waals surface area contributed by atoms with Crippen LogP contribution in [0.5, 0.6) is 0 Å². The predicted molar refractivity (Wildman–Crippen MR) is 65.5 cm³/mol. The zero-order valence-electron chi connectivity index (χ0n) is 9.53. The molecule has 0 radical (unpaired) electrons. The van der Waals surface area contributed by atoms with Gasteiger partial charge >= 0.3 is 5.69 Å². The molecule has 2 aromatic rings. The lowest BCUT2D eigenvalue weighted by molar-refractivity contribution is 0.384. The van der Waals surface area contributed by atoms with E-state index in [0.717, 1.165) is 17.6 Å². The third kappa shape index (κ3) is 1.94. The number of nitrogens with two attached hydrogens (primary N) is 1. The SMILES string of the molecule is CN(C)CCn1c(=O)[nH]c2ccc(N)cc21. The standard InChI is InChI=1S/C11H16N4O/c1-14(2)5-6-15-10-7-8(12)3-4-9(10)13-11(15)16/h3-4,7H,5-6,12H2,1-2H3,(H,13,16). The number of fused-ring (bicyclic) bond motifs is 1. The molecule has 0 aliphatic heterocycles. The average Bonchev–Trinajstić information content (AvgIpc) is 2.51. The van der Waals surface area contributed by atoms with Crippen LogP contribution in [0.1, 0.15) is 0 Å². The van der Waals surface area contributed by atoms with E-state index in [-0.39, 0.29) is 5.69 Å². The van der Waals surface area contributed by atoms with Crippen molar-refractivity contribution in [1.82, 2.24) is 14.5 Å². The van der Waals surface area contributed by atoms with Crippen molar-refractivity contribution in [3.8, 4) is 0 Å². The third-order valence-electron chi connectivity index (χ3n) is 2.57. The monoisotopic (exact) mass is 220 g/mol. The number of nitrogens with one attached hydrogen (secondary N) is 1. The predicted octanol–water partition coefficient (Wildman–Crippen LogP) is 0.473. The number of nitrogen functional groups attached to an aromatic ring is 1. The molecule has 0 spiro atoms. The van der Waals surface area contributed by atoms with Crippen molar-refractivity contribution < 1.29 is 0 Å². The Labute approximate surface area is 93.5 Å². The summed E-state index contributed by atoms with van der Waals surface area (Å²) in [6, 6.07) is 5.44. The molecule has 1 aromatic carbocycles. The minimum Gasteiger partial charge on any atom is -0.399 e. The zero-order valence-corrected chi connectivity index (χ0v) is 9.53. The number of hydrogen-bond acceptors (Lipinski definition) is 3. The number of imidazole rings is 1. The quantitative estimate of drug-likeness (QED) is 0.739. The van der Waals surface area contributed by atoms with Crippen LogP contribution in [0.2, 0.25) is 0 Å². The number of hydrogen-bond donors (Lipinski definition) is 2. The lowest BCUT2D eigenvalue weighted by Crippen LogP contribution is -2.24. The summed E-state index contributed by atoms with van der Waals surface area (Å²) in [6.45, 7) is 1.48. The van der Waals surface area contributed by atoms with Gasteiger partial charge in [-0.2, -0.15) is 0 Å². The van der Waals surface area contributed by atoms with Crippen LogP contribution >= 0.6 is 0 Å². The van der Waals surface area contributed by atoms with Crippen LogP contribution in [-0.2, 0) is 6.54 Å². The maximum Gasteiger partial charge on any atom is 0.326 e. The molecule has 1 aromatic heterocycles. The van der Waals surface area contributed by atoms with E-state index in [4.69, 9.17) is 5.73 Å². The fourth-order valence-corrected chi connectivity index (χ4v) is 1.69. The highest BCUT2D eigenvalue weighted by molar-refractivity contribution is 5.78. The van der Waals surface area contributed by atoms with Crippen molar-refractivity contribution in [3.05, 3.63) is 28.7 Å². The van der Waals surface area contributed by atoms with E-state index in [0.29, 0.717) is 12.2 Å². The summed E-state index contributed by atoms with van der Waals surface area (Å²) in [5.41, 5.74) is 8.01. The van der Waals surface area contributed by atoms with Gasteiger partial charge in [-0.3, -0.25) is 4.57 Å². The molecule has 0 saturated carbocycles. The summed E-state index contributed by atoms with van der Waals surface area (Å²) in [4.78, 5) is 16.6. The smallest absolute Gasteiger partial charge is 0.326 e. The molecule has 0 aliphatic carbocycles. The summed E-state index contributed by atoms with van der Waals surface area (Å²) >= 11 is 0. The summed E-state index contributed by atoms with van der Waals surface area (Å²) in [7, 11) is 3.96. The molecule has 0 unspecified atom stereocenters. The minimum absolute atomic E-state index is 0.0811. The van der Waals surface area contributed by atoms with Gasteiger partial charge in [-0.15, -0.1) is 0 Å². The molecule has 0 aliphatic rings. The Kier molecular flexibility index (Phi) is 2.70. The highest BCUT2D eigenvalue weighted by Crippen LogP contribution is 2.13. The Morgan fingerprint density at radius 1 is 1.44 bits per heavy atom. The van der Waals surface area contributed by atoms with Gasteiger partial charge in [0.1, 0.15) is 0 Å². The highest BCUT2D eigenvalue weighted by Gasteiger charge is 2.06. The van der Waals surface area contributed by atoms with E-state index >= 15 is 0 Å². The number of aromatic nitrogens is 2. The first-order chi connectivity index (χ1) is 7.58. The van der Waals surface area contributed by atoms with Gasteiger partial charge in [0.2, 0.25) is 0 Å². The van der Waals surface area contributed by atoms with Crippen molar-refractivity contribution in [2.24, 2.45) is 0 Å². The lowest BCUT2D eigenvalue weighted by Gasteiger charge is -2.09. The van der Waals surface area contributed by atoms with E-state index in [1.807, 2.05) is 31.1 Å². The van der Waals surface area contributed by atoms with Gasteiger partial charge in [0, 0.05) is 18.8 Å². The lowest BCUT2D eigenvalue weighted by atomic mass is 10.3. The van der Waals surface area contributed by atoms with E-state index in [2.05, 4.69) is 4.98 Å². The van der Waals surface area contributed by atoms with Crippen LogP contribution in [0.25, 0.3) is 11.0 Å². The number of rotatable bonds is 3. The second-order valence-corrected chi connectivity index (χ2v) is 4.16. The molecule has 5 heteroatoms. The molecule has 16 heavy (non-hydrogen) atoms. The maximum atomic E-state index is 11.7. The molecular formula is C11H16N4O. The fraction of sp³-hybridized carbons (Fsp3) is 0.364. The van der Waals surface area contributed by atoms with Gasteiger partial charge in [0.25, 0.3) is 0 Å². The largest absolute Gasteiger partial charge is 0.399 e. The Bertz CT molecular complexity index is 553. The fourth-order valence-electron chi connectivity index (χ4n) is 1.69. The van der Waals surface area contributed by atoms with E-state index < -0.39 is 0 Å². The van der Waals surface area contributed by atoms with Gasteiger partial charge in [0.15, 0.2) is 0 Å². The molecule has 2 rings (SSSR count). The summed E-state index contributed by atoms with van der Waals surface area (Å²) in [5.74, 6) is 0. The molecular weight excluding hydrogens is 204 g/mol. The molecule has 0 fully saturated rings. The highest BCUT2D eigenvalue weighted by atomic mass is 16.1. The Morgan fingerprint density at radius 2 is 2.19 bits per heavy atom. The molecule has 5 nitrogen and oxygen atoms in total. The van der Waals surface area contributed by atoms with Gasteiger partial charge < -0.3 is 15.6 Å². The minimum atomic E-state index is -0.0811. The molecule has 1 heterocycles. The van der Waals surface area contributed by atoms with Crippen molar-refractivity contribution >= 4 is 16.7 Å². The van der Waals surface area contributed by atoms with Crippen LogP contribution in [0, 0.1) is 0 Å². The Morgan fingerprint density at radius 3 is 2.88 bits per heavy atom. The van der Waals surface area contributed by atoms with Crippen LogP contribution in [-0.4, -0.2) is 35.1 Å². The van der Waals surface area contributed by atoms with Crippen LogP contribution in [0.4, 0.5) is 5.69 Å². The number of H-pyrrole nitrogens is 1. The van der Waals surface area contributed by atoms with Crippen LogP contribution < -0.4 is 11.4 Å². The second-order valence-electron chi connectivity index (χ2n) is 4.16. The number of likely N-dealkylation sites (N-methyl/N-ethyl adjacent to an activating group) is 1. The van der Waals surface area contributed by atoms with Crippen LogP contribution in [0.3, 0.4) is 0 Å². The average molecular weight is 220 g/mol. The number of nitrogens with zero attached hydrogens (tertiary/aromatic N) is 2. The molecule has 0 amide bonds. The first kappa shape index (κ1) is 10.8. The van der Waals surface area contributed by atoms with Gasteiger partial charge in [-0.1, -0.05) is 0 Å². The number of anilines is 1. The number of aromatic amines is 1. The molecule has 0 saturated heterocycles. The summed E-state index contributed by atoms with van der Waals surface area (Å²) in [6.07, 6.45) is 0. The normalized spacial score (nSPS) is 11.4. The van der Waals surface area contributed by atoms with E-state index in [1.54, 1.807) is 10.6 Å². The van der Waals surface area contributed by atoms with Gasteiger partial charge in [0.05, 0.1) is 11.0 Å². The second kappa shape index (κ2) is 4.02. The number of benzene rings is 1. The van der Waals surface area contributed by atoms with Gasteiger partial charge in [-0.25, -0.2) is 4.79 Å². The molecule has 0 atom stereocenters. The first-order valence-electron chi connectivity index (χ1n) is 5.20. The first-order valence-corrected chi connectivity index (χ1v) is 5.20. The van der Waals surface area contributed by atoms with Crippen molar-refractivity contribution in [3.63, 3.8) is 0 Å². The van der Waals surface area contributed by atoms with E-state index in [1.165, 1.54) is 0 Å². The molecule has 3 N–H and O–H groups in total. The molecule has 0 bridgehead atoms. The third-order valence-corrected chi connectivity index (χ3v) is 2.57.